The topological polar surface area (TPSA) is 91.4 Å². The van der Waals surface area contributed by atoms with Crippen molar-refractivity contribution in [2.75, 3.05) is 0 Å². The number of hydrogen-bond acceptors (Lipinski definition) is 5. The van der Waals surface area contributed by atoms with Crippen LogP contribution in [0.5, 0.6) is 0 Å². The zero-order valence-electron chi connectivity index (χ0n) is 12.1. The Morgan fingerprint density at radius 2 is 1.91 bits per heavy atom. The summed E-state index contributed by atoms with van der Waals surface area (Å²) in [5.41, 5.74) is 2.32. The van der Waals surface area contributed by atoms with Gasteiger partial charge in [-0.05, 0) is 25.0 Å². The quantitative estimate of drug-likeness (QED) is 0.741. The van der Waals surface area contributed by atoms with Gasteiger partial charge in [-0.15, -0.1) is 0 Å². The highest BCUT2D eigenvalue weighted by Crippen LogP contribution is 2.41. The summed E-state index contributed by atoms with van der Waals surface area (Å²) in [4.78, 5) is 8.59. The van der Waals surface area contributed by atoms with E-state index in [1.54, 1.807) is 29.0 Å². The van der Waals surface area contributed by atoms with Crippen LogP contribution in [0.25, 0.3) is 17.3 Å². The van der Waals surface area contributed by atoms with Crippen molar-refractivity contribution in [3.63, 3.8) is 0 Å². The number of para-hydroxylation sites is 1. The monoisotopic (exact) mass is 301 g/mol. The number of aromatic nitrogens is 3. The molecule has 2 heterocycles. The molecule has 1 aliphatic carbocycles. The van der Waals surface area contributed by atoms with E-state index < -0.39 is 0 Å². The molecular formula is C17H11N5O. The van der Waals surface area contributed by atoms with Gasteiger partial charge in [0, 0.05) is 12.1 Å². The first-order chi connectivity index (χ1) is 11.3. The number of imidazole rings is 1. The van der Waals surface area contributed by atoms with Crippen LogP contribution >= 0.6 is 0 Å². The van der Waals surface area contributed by atoms with Crippen molar-refractivity contribution in [2.24, 2.45) is 0 Å². The lowest BCUT2D eigenvalue weighted by molar-refractivity contribution is 0.566. The van der Waals surface area contributed by atoms with Crippen LogP contribution in [0.1, 0.15) is 35.6 Å². The van der Waals surface area contributed by atoms with Crippen LogP contribution in [0, 0.1) is 22.7 Å². The molecule has 0 spiro atoms. The molecule has 0 radical (unpaired) electrons. The SMILES string of the molecule is N#Cc1cccc(C#N)c1-n1cc(C2CC2)nc1-c1cnco1. The zero-order chi connectivity index (χ0) is 15.8. The van der Waals surface area contributed by atoms with Gasteiger partial charge < -0.3 is 4.42 Å². The van der Waals surface area contributed by atoms with Crippen LogP contribution in [-0.2, 0) is 0 Å². The Morgan fingerprint density at radius 3 is 2.48 bits per heavy atom. The van der Waals surface area contributed by atoms with Crippen molar-refractivity contribution in [1.29, 1.82) is 10.5 Å². The Balaban J connectivity index is 2.00. The van der Waals surface area contributed by atoms with E-state index in [4.69, 9.17) is 4.42 Å². The summed E-state index contributed by atoms with van der Waals surface area (Å²) in [5, 5.41) is 18.8. The molecule has 3 aromatic rings. The van der Waals surface area contributed by atoms with Gasteiger partial charge in [0.25, 0.3) is 0 Å². The van der Waals surface area contributed by atoms with Crippen molar-refractivity contribution >= 4 is 0 Å². The number of benzene rings is 1. The molecular weight excluding hydrogens is 290 g/mol. The highest BCUT2D eigenvalue weighted by Gasteiger charge is 2.29. The van der Waals surface area contributed by atoms with E-state index in [1.807, 2.05) is 6.20 Å². The molecule has 2 aromatic heterocycles. The number of rotatable bonds is 3. The second kappa shape index (κ2) is 5.11. The van der Waals surface area contributed by atoms with E-state index in [0.717, 1.165) is 18.5 Å². The summed E-state index contributed by atoms with van der Waals surface area (Å²) in [5.74, 6) is 1.51. The largest absolute Gasteiger partial charge is 0.440 e. The first kappa shape index (κ1) is 13.3. The van der Waals surface area contributed by atoms with Gasteiger partial charge in [-0.2, -0.15) is 10.5 Å². The maximum atomic E-state index is 9.42. The van der Waals surface area contributed by atoms with Gasteiger partial charge in [-0.3, -0.25) is 4.57 Å². The molecule has 0 saturated heterocycles. The van der Waals surface area contributed by atoms with E-state index in [0.29, 0.717) is 34.3 Å². The smallest absolute Gasteiger partial charge is 0.190 e. The number of nitriles is 2. The lowest BCUT2D eigenvalue weighted by atomic mass is 10.1. The Bertz CT molecular complexity index is 920. The van der Waals surface area contributed by atoms with Gasteiger partial charge in [-0.25, -0.2) is 9.97 Å². The highest BCUT2D eigenvalue weighted by molar-refractivity contribution is 5.63. The van der Waals surface area contributed by atoms with E-state index >= 15 is 0 Å². The average Bonchev–Trinajstić information content (AvgIpc) is 3.12. The third-order valence-electron chi connectivity index (χ3n) is 3.89. The first-order valence-electron chi connectivity index (χ1n) is 7.23. The number of hydrogen-bond donors (Lipinski definition) is 0. The van der Waals surface area contributed by atoms with Gasteiger partial charge in [0.15, 0.2) is 18.0 Å². The van der Waals surface area contributed by atoms with Crippen molar-refractivity contribution in [3.8, 4) is 29.4 Å². The molecule has 0 unspecified atom stereocenters. The van der Waals surface area contributed by atoms with E-state index in [1.165, 1.54) is 6.39 Å². The lowest BCUT2D eigenvalue weighted by Gasteiger charge is -2.09. The minimum absolute atomic E-state index is 0.421. The Hall–Kier alpha value is -3.38. The van der Waals surface area contributed by atoms with Crippen molar-refractivity contribution < 1.29 is 4.42 Å². The highest BCUT2D eigenvalue weighted by atomic mass is 16.3. The molecule has 0 N–H and O–H groups in total. The minimum Gasteiger partial charge on any atom is -0.440 e. The molecule has 1 aliphatic rings. The standard InChI is InChI=1S/C17H11N5O/c18-6-12-2-1-3-13(7-19)16(12)22-9-14(11-4-5-11)21-17(22)15-8-20-10-23-15/h1-3,8-11H,4-5H2. The maximum absolute atomic E-state index is 9.42. The number of nitrogens with zero attached hydrogens (tertiary/aromatic N) is 5. The summed E-state index contributed by atoms with van der Waals surface area (Å²) in [6.45, 7) is 0. The Morgan fingerprint density at radius 1 is 1.17 bits per heavy atom. The van der Waals surface area contributed by atoms with Gasteiger partial charge in [0.1, 0.15) is 12.1 Å². The van der Waals surface area contributed by atoms with Crippen LogP contribution in [0.15, 0.2) is 41.4 Å². The zero-order valence-corrected chi connectivity index (χ0v) is 12.1. The molecule has 0 bridgehead atoms. The minimum atomic E-state index is 0.421. The summed E-state index contributed by atoms with van der Waals surface area (Å²) < 4.78 is 7.15. The summed E-state index contributed by atoms with van der Waals surface area (Å²) in [6, 6.07) is 9.38. The molecule has 1 aromatic carbocycles. The average molecular weight is 301 g/mol. The summed E-state index contributed by atoms with van der Waals surface area (Å²) in [7, 11) is 0. The van der Waals surface area contributed by atoms with Crippen molar-refractivity contribution in [2.45, 2.75) is 18.8 Å². The fourth-order valence-electron chi connectivity index (χ4n) is 2.63. The van der Waals surface area contributed by atoms with Gasteiger partial charge in [0.05, 0.1) is 28.7 Å². The molecule has 1 fully saturated rings. The molecule has 110 valence electrons. The lowest BCUT2D eigenvalue weighted by Crippen LogP contribution is -2.02. The van der Waals surface area contributed by atoms with Crippen LogP contribution in [0.4, 0.5) is 0 Å². The van der Waals surface area contributed by atoms with Gasteiger partial charge in [0.2, 0.25) is 0 Å². The van der Waals surface area contributed by atoms with Crippen LogP contribution < -0.4 is 0 Å². The fraction of sp³-hybridized carbons (Fsp3) is 0.176. The molecule has 23 heavy (non-hydrogen) atoms. The number of oxazole rings is 1. The normalized spacial score (nSPS) is 13.5. The molecule has 0 aliphatic heterocycles. The predicted octanol–water partition coefficient (Wildman–Crippen LogP) is 3.15. The Labute approximate surface area is 132 Å². The molecule has 4 rings (SSSR count). The van der Waals surface area contributed by atoms with Gasteiger partial charge >= 0.3 is 0 Å². The van der Waals surface area contributed by atoms with E-state index in [2.05, 4.69) is 22.1 Å². The third kappa shape index (κ3) is 2.18. The van der Waals surface area contributed by atoms with Crippen LogP contribution in [0.2, 0.25) is 0 Å². The molecule has 6 heteroatoms. The summed E-state index contributed by atoms with van der Waals surface area (Å²) in [6.07, 6.45) is 7.03. The van der Waals surface area contributed by atoms with Crippen LogP contribution in [0.3, 0.4) is 0 Å². The molecule has 6 nitrogen and oxygen atoms in total. The van der Waals surface area contributed by atoms with Crippen LogP contribution in [-0.4, -0.2) is 14.5 Å². The van der Waals surface area contributed by atoms with Crippen molar-refractivity contribution in [1.82, 2.24) is 14.5 Å². The van der Waals surface area contributed by atoms with Crippen molar-refractivity contribution in [3.05, 3.63) is 53.8 Å². The third-order valence-corrected chi connectivity index (χ3v) is 3.89. The fourth-order valence-corrected chi connectivity index (χ4v) is 2.63. The van der Waals surface area contributed by atoms with Gasteiger partial charge in [-0.1, -0.05) is 6.07 Å². The second-order valence-corrected chi connectivity index (χ2v) is 5.42. The second-order valence-electron chi connectivity index (χ2n) is 5.42. The predicted molar refractivity (Wildman–Crippen MR) is 80.5 cm³/mol. The first-order valence-corrected chi connectivity index (χ1v) is 7.23. The molecule has 0 amide bonds. The molecule has 0 atom stereocenters. The summed E-state index contributed by atoms with van der Waals surface area (Å²) >= 11 is 0. The van der Waals surface area contributed by atoms with E-state index in [9.17, 15) is 10.5 Å². The maximum Gasteiger partial charge on any atom is 0.190 e. The van der Waals surface area contributed by atoms with E-state index in [-0.39, 0.29) is 0 Å². The Kier molecular flexibility index (Phi) is 2.96. The molecule has 1 saturated carbocycles.